The number of unbranched alkanes of at least 4 members (excludes halogenated alkanes) is 1. The number of rotatable bonds is 9. The predicted molar refractivity (Wildman–Crippen MR) is 105 cm³/mol. The summed E-state index contributed by atoms with van der Waals surface area (Å²) in [6.07, 6.45) is 4.47. The standard InChI is InChI=1S/C22H34O4/c1-7-8-10-16(14-13-15(2)3)26-21(25)17-11-9-12-18(22(4,5)6)19(17)20(23)24/h9,11-12,15-16H,7-8,10,13-14H2,1-6H3,(H,23,24). The van der Waals surface area contributed by atoms with Gasteiger partial charge in [0.15, 0.2) is 0 Å². The van der Waals surface area contributed by atoms with Gasteiger partial charge < -0.3 is 9.84 Å². The van der Waals surface area contributed by atoms with Crippen LogP contribution in [0.3, 0.4) is 0 Å². The maximum Gasteiger partial charge on any atom is 0.339 e. The van der Waals surface area contributed by atoms with Crippen LogP contribution in [0.1, 0.15) is 99.9 Å². The Morgan fingerprint density at radius 1 is 1.12 bits per heavy atom. The van der Waals surface area contributed by atoms with Crippen molar-refractivity contribution in [1.82, 2.24) is 0 Å². The van der Waals surface area contributed by atoms with Crippen molar-refractivity contribution >= 4 is 11.9 Å². The van der Waals surface area contributed by atoms with E-state index in [1.54, 1.807) is 18.2 Å². The fraction of sp³-hybridized carbons (Fsp3) is 0.636. The number of carbonyl (C=O) groups is 2. The zero-order chi connectivity index (χ0) is 19.9. The van der Waals surface area contributed by atoms with Crippen LogP contribution >= 0.6 is 0 Å². The summed E-state index contributed by atoms with van der Waals surface area (Å²) in [7, 11) is 0. The second-order valence-electron chi connectivity index (χ2n) is 8.42. The largest absolute Gasteiger partial charge is 0.478 e. The van der Waals surface area contributed by atoms with Crippen LogP contribution < -0.4 is 0 Å². The molecule has 0 heterocycles. The first-order valence-electron chi connectivity index (χ1n) is 9.65. The number of esters is 1. The molecule has 0 saturated heterocycles. The van der Waals surface area contributed by atoms with Crippen LogP contribution in [0.15, 0.2) is 18.2 Å². The normalized spacial score (nSPS) is 12.9. The SMILES string of the molecule is CCCCC(CCC(C)C)OC(=O)c1cccc(C(C)(C)C)c1C(=O)O. The van der Waals surface area contributed by atoms with Gasteiger partial charge in [0.2, 0.25) is 0 Å². The van der Waals surface area contributed by atoms with Crippen molar-refractivity contribution in [1.29, 1.82) is 0 Å². The van der Waals surface area contributed by atoms with Crippen molar-refractivity contribution in [2.75, 3.05) is 0 Å². The van der Waals surface area contributed by atoms with E-state index in [0.717, 1.165) is 32.1 Å². The van der Waals surface area contributed by atoms with E-state index in [1.165, 1.54) is 0 Å². The average Bonchev–Trinajstić information content (AvgIpc) is 2.55. The highest BCUT2D eigenvalue weighted by atomic mass is 16.5. The number of carboxylic acids is 1. The summed E-state index contributed by atoms with van der Waals surface area (Å²) in [6, 6.07) is 5.06. The first-order valence-corrected chi connectivity index (χ1v) is 9.65. The highest BCUT2D eigenvalue weighted by Gasteiger charge is 2.28. The van der Waals surface area contributed by atoms with Gasteiger partial charge in [-0.15, -0.1) is 0 Å². The van der Waals surface area contributed by atoms with Gasteiger partial charge in [0, 0.05) is 0 Å². The highest BCUT2D eigenvalue weighted by molar-refractivity contribution is 6.03. The van der Waals surface area contributed by atoms with E-state index in [-0.39, 0.29) is 22.6 Å². The van der Waals surface area contributed by atoms with Gasteiger partial charge in [-0.25, -0.2) is 9.59 Å². The van der Waals surface area contributed by atoms with Gasteiger partial charge in [-0.3, -0.25) is 0 Å². The van der Waals surface area contributed by atoms with Crippen LogP contribution in [-0.4, -0.2) is 23.1 Å². The summed E-state index contributed by atoms with van der Waals surface area (Å²) < 4.78 is 5.75. The molecule has 1 aromatic rings. The smallest absolute Gasteiger partial charge is 0.339 e. The fourth-order valence-electron chi connectivity index (χ4n) is 3.01. The summed E-state index contributed by atoms with van der Waals surface area (Å²) in [5.74, 6) is -1.08. The van der Waals surface area contributed by atoms with Crippen molar-refractivity contribution in [2.24, 2.45) is 5.92 Å². The Kier molecular flexibility index (Phi) is 8.32. The maximum atomic E-state index is 12.8. The van der Waals surface area contributed by atoms with E-state index >= 15 is 0 Å². The third kappa shape index (κ3) is 6.47. The van der Waals surface area contributed by atoms with Crippen LogP contribution in [-0.2, 0) is 10.2 Å². The molecule has 4 heteroatoms. The van der Waals surface area contributed by atoms with Gasteiger partial charge in [-0.1, -0.05) is 66.5 Å². The van der Waals surface area contributed by atoms with Crippen molar-refractivity contribution in [3.63, 3.8) is 0 Å². The molecule has 0 aliphatic heterocycles. The molecule has 0 bridgehead atoms. The highest BCUT2D eigenvalue weighted by Crippen LogP contribution is 2.29. The molecule has 0 fully saturated rings. The third-order valence-electron chi connectivity index (χ3n) is 4.53. The maximum absolute atomic E-state index is 12.8. The molecular formula is C22H34O4. The van der Waals surface area contributed by atoms with Gasteiger partial charge in [0.05, 0.1) is 11.1 Å². The molecule has 0 saturated carbocycles. The molecule has 1 rings (SSSR count). The topological polar surface area (TPSA) is 63.6 Å². The molecule has 0 aliphatic carbocycles. The van der Waals surface area contributed by atoms with E-state index in [2.05, 4.69) is 20.8 Å². The fourth-order valence-corrected chi connectivity index (χ4v) is 3.01. The number of benzene rings is 1. The quantitative estimate of drug-likeness (QED) is 0.561. The molecule has 1 N–H and O–H groups in total. The van der Waals surface area contributed by atoms with Crippen molar-refractivity contribution < 1.29 is 19.4 Å². The zero-order valence-corrected chi connectivity index (χ0v) is 17.1. The minimum absolute atomic E-state index is 0.0584. The predicted octanol–water partition coefficient (Wildman–Crippen LogP) is 5.83. The van der Waals surface area contributed by atoms with Gasteiger partial charge >= 0.3 is 11.9 Å². The number of hydrogen-bond donors (Lipinski definition) is 1. The Morgan fingerprint density at radius 2 is 1.77 bits per heavy atom. The molecule has 1 atom stereocenters. The lowest BCUT2D eigenvalue weighted by Crippen LogP contribution is -2.24. The van der Waals surface area contributed by atoms with Crippen LogP contribution in [0.2, 0.25) is 0 Å². The summed E-state index contributed by atoms with van der Waals surface area (Å²) >= 11 is 0. The monoisotopic (exact) mass is 362 g/mol. The first kappa shape index (κ1) is 22.2. The molecule has 4 nitrogen and oxygen atoms in total. The number of hydrogen-bond acceptors (Lipinski definition) is 3. The number of carboxylic acid groups (broad SMARTS) is 1. The lowest BCUT2D eigenvalue weighted by atomic mass is 9.82. The molecule has 26 heavy (non-hydrogen) atoms. The van der Waals surface area contributed by atoms with Crippen molar-refractivity contribution in [2.45, 2.75) is 85.2 Å². The second kappa shape index (κ2) is 9.75. The molecule has 1 unspecified atom stereocenters. The van der Waals surface area contributed by atoms with Crippen molar-refractivity contribution in [3.05, 3.63) is 34.9 Å². The van der Waals surface area contributed by atoms with E-state index < -0.39 is 11.9 Å². The molecule has 0 spiro atoms. The molecule has 0 aliphatic rings. The average molecular weight is 363 g/mol. The molecule has 146 valence electrons. The number of ether oxygens (including phenoxy) is 1. The molecular weight excluding hydrogens is 328 g/mol. The Hall–Kier alpha value is -1.84. The van der Waals surface area contributed by atoms with E-state index in [4.69, 9.17) is 4.74 Å². The van der Waals surface area contributed by atoms with Crippen molar-refractivity contribution in [3.8, 4) is 0 Å². The van der Waals surface area contributed by atoms with Crippen LogP contribution in [0, 0.1) is 5.92 Å². The zero-order valence-electron chi connectivity index (χ0n) is 17.1. The van der Waals surface area contributed by atoms with Crippen LogP contribution in [0.4, 0.5) is 0 Å². The molecule has 0 radical (unpaired) electrons. The number of aromatic carboxylic acids is 1. The first-order chi connectivity index (χ1) is 12.1. The second-order valence-corrected chi connectivity index (χ2v) is 8.42. The molecule has 1 aromatic carbocycles. The van der Waals surface area contributed by atoms with Gasteiger partial charge in [0.25, 0.3) is 0 Å². The Bertz CT molecular complexity index is 611. The Morgan fingerprint density at radius 3 is 2.27 bits per heavy atom. The van der Waals surface area contributed by atoms with E-state index in [0.29, 0.717) is 11.5 Å². The third-order valence-corrected chi connectivity index (χ3v) is 4.53. The minimum atomic E-state index is -1.09. The lowest BCUT2D eigenvalue weighted by molar-refractivity contribution is 0.0238. The Labute approximate surface area is 158 Å². The molecule has 0 amide bonds. The van der Waals surface area contributed by atoms with E-state index in [1.807, 2.05) is 20.8 Å². The molecule has 0 aromatic heterocycles. The lowest BCUT2D eigenvalue weighted by Gasteiger charge is -2.24. The summed E-state index contributed by atoms with van der Waals surface area (Å²) in [4.78, 5) is 24.6. The summed E-state index contributed by atoms with van der Waals surface area (Å²) in [6.45, 7) is 12.2. The minimum Gasteiger partial charge on any atom is -0.478 e. The summed E-state index contributed by atoms with van der Waals surface area (Å²) in [5.41, 5.74) is 0.481. The van der Waals surface area contributed by atoms with Gasteiger partial charge in [-0.05, 0) is 42.2 Å². The van der Waals surface area contributed by atoms with E-state index in [9.17, 15) is 14.7 Å². The summed E-state index contributed by atoms with van der Waals surface area (Å²) in [5, 5.41) is 9.70. The van der Waals surface area contributed by atoms with Crippen LogP contribution in [0.25, 0.3) is 0 Å². The van der Waals surface area contributed by atoms with Gasteiger partial charge in [0.1, 0.15) is 6.10 Å². The Balaban J connectivity index is 3.12. The van der Waals surface area contributed by atoms with Gasteiger partial charge in [-0.2, -0.15) is 0 Å². The van der Waals surface area contributed by atoms with Crippen LogP contribution in [0.5, 0.6) is 0 Å². The number of carbonyl (C=O) groups excluding carboxylic acids is 1.